The quantitative estimate of drug-likeness (QED) is 0.755. The van der Waals surface area contributed by atoms with Gasteiger partial charge in [-0.05, 0) is 50.7 Å². The molecule has 3 aromatic rings. The fourth-order valence-electron chi connectivity index (χ4n) is 4.06. The molecule has 1 aromatic carbocycles. The normalized spacial score (nSPS) is 15.9. The number of carbonyl (C=O) groups excluding carboxylic acids is 1. The van der Waals surface area contributed by atoms with Crippen LogP contribution in [0.3, 0.4) is 0 Å². The minimum Gasteiger partial charge on any atom is -0.346 e. The van der Waals surface area contributed by atoms with Crippen molar-refractivity contribution in [3.8, 4) is 0 Å². The van der Waals surface area contributed by atoms with Gasteiger partial charge >= 0.3 is 0 Å². The maximum Gasteiger partial charge on any atom is 0.291 e. The maximum absolute atomic E-state index is 12.9. The monoisotopic (exact) mass is 363 g/mol. The smallest absolute Gasteiger partial charge is 0.291 e. The summed E-state index contributed by atoms with van der Waals surface area (Å²) in [4.78, 5) is 21.6. The summed E-state index contributed by atoms with van der Waals surface area (Å²) in [6.07, 6.45) is 5.63. The van der Waals surface area contributed by atoms with Crippen molar-refractivity contribution in [1.29, 1.82) is 0 Å². The van der Waals surface area contributed by atoms with Crippen molar-refractivity contribution < 1.29 is 4.79 Å². The number of nitrogens with zero attached hydrogens (tertiary/aromatic N) is 4. The van der Waals surface area contributed by atoms with Crippen LogP contribution in [0.1, 0.15) is 53.3 Å². The van der Waals surface area contributed by atoms with Crippen LogP contribution >= 0.6 is 0 Å². The molecule has 27 heavy (non-hydrogen) atoms. The number of carbonyl (C=O) groups is 1. The van der Waals surface area contributed by atoms with Crippen molar-refractivity contribution in [3.05, 3.63) is 59.2 Å². The third kappa shape index (κ3) is 3.84. The number of fused-ring (bicyclic) bond motifs is 1. The van der Waals surface area contributed by atoms with Crippen LogP contribution in [0.5, 0.6) is 0 Å². The fourth-order valence-corrected chi connectivity index (χ4v) is 4.06. The average molecular weight is 363 g/mol. The minimum atomic E-state index is -0.217. The second-order valence-electron chi connectivity index (χ2n) is 7.50. The van der Waals surface area contributed by atoms with Gasteiger partial charge in [0.25, 0.3) is 11.7 Å². The van der Waals surface area contributed by atoms with Gasteiger partial charge < -0.3 is 5.32 Å². The van der Waals surface area contributed by atoms with E-state index >= 15 is 0 Å². The first-order valence-electron chi connectivity index (χ1n) is 9.66. The zero-order valence-electron chi connectivity index (χ0n) is 15.9. The first kappa shape index (κ1) is 17.6. The van der Waals surface area contributed by atoms with Gasteiger partial charge in [-0.2, -0.15) is 4.98 Å². The molecule has 2 aromatic heterocycles. The van der Waals surface area contributed by atoms with Gasteiger partial charge in [0.2, 0.25) is 5.82 Å². The fraction of sp³-hybridized carbons (Fsp3) is 0.429. The van der Waals surface area contributed by atoms with E-state index in [0.29, 0.717) is 11.7 Å². The van der Waals surface area contributed by atoms with Crippen LogP contribution in [0.4, 0.5) is 0 Å². The number of aromatic nitrogens is 4. The third-order valence-electron chi connectivity index (χ3n) is 5.41. The number of hydrogen-bond acceptors (Lipinski definition) is 4. The van der Waals surface area contributed by atoms with Gasteiger partial charge in [-0.1, -0.05) is 43.2 Å². The highest BCUT2D eigenvalue weighted by Crippen LogP contribution is 2.29. The predicted molar refractivity (Wildman–Crippen MR) is 104 cm³/mol. The van der Waals surface area contributed by atoms with Crippen LogP contribution in [0, 0.1) is 19.8 Å². The van der Waals surface area contributed by atoms with E-state index in [2.05, 4.69) is 32.5 Å². The summed E-state index contributed by atoms with van der Waals surface area (Å²) in [6.45, 7) is 3.85. The number of aryl methyl sites for hydroxylation is 2. The zero-order chi connectivity index (χ0) is 18.8. The first-order valence-corrected chi connectivity index (χ1v) is 9.66. The predicted octanol–water partition coefficient (Wildman–Crippen LogP) is 3.27. The van der Waals surface area contributed by atoms with Crippen LogP contribution in [0.2, 0.25) is 0 Å². The van der Waals surface area contributed by atoms with Crippen LogP contribution < -0.4 is 5.32 Å². The molecular weight excluding hydrogens is 338 g/mol. The summed E-state index contributed by atoms with van der Waals surface area (Å²) in [5.74, 6) is 0.948. The van der Waals surface area contributed by atoms with E-state index in [1.165, 1.54) is 18.4 Å². The highest BCUT2D eigenvalue weighted by molar-refractivity contribution is 5.91. The Labute approximate surface area is 159 Å². The largest absolute Gasteiger partial charge is 0.346 e. The molecule has 1 aliphatic rings. The zero-order valence-corrected chi connectivity index (χ0v) is 15.9. The lowest BCUT2D eigenvalue weighted by molar-refractivity contribution is 0.0911. The molecule has 0 aliphatic heterocycles. The van der Waals surface area contributed by atoms with E-state index in [1.807, 2.05) is 38.1 Å². The molecule has 1 atom stereocenters. The van der Waals surface area contributed by atoms with Crippen molar-refractivity contribution >= 4 is 11.7 Å². The topological polar surface area (TPSA) is 72.2 Å². The van der Waals surface area contributed by atoms with Gasteiger partial charge in [-0.3, -0.25) is 4.79 Å². The summed E-state index contributed by atoms with van der Waals surface area (Å²) in [5, 5.41) is 7.58. The summed E-state index contributed by atoms with van der Waals surface area (Å²) in [7, 11) is 0. The summed E-state index contributed by atoms with van der Waals surface area (Å²) in [5.41, 5.74) is 3.03. The molecule has 1 unspecified atom stereocenters. The maximum atomic E-state index is 12.9. The van der Waals surface area contributed by atoms with Crippen molar-refractivity contribution in [2.24, 2.45) is 5.92 Å². The van der Waals surface area contributed by atoms with Gasteiger partial charge in [0.1, 0.15) is 0 Å². The highest BCUT2D eigenvalue weighted by atomic mass is 16.2. The number of hydrogen-bond donors (Lipinski definition) is 1. The lowest BCUT2D eigenvalue weighted by Crippen LogP contribution is -2.41. The molecule has 0 bridgehead atoms. The molecule has 1 aliphatic carbocycles. The molecule has 0 spiro atoms. The Morgan fingerprint density at radius 2 is 1.93 bits per heavy atom. The molecule has 1 amide bonds. The Hall–Kier alpha value is -2.76. The van der Waals surface area contributed by atoms with E-state index in [-0.39, 0.29) is 17.8 Å². The molecule has 1 saturated carbocycles. The van der Waals surface area contributed by atoms with E-state index in [1.54, 1.807) is 4.52 Å². The van der Waals surface area contributed by atoms with E-state index in [9.17, 15) is 4.79 Å². The van der Waals surface area contributed by atoms with Crippen LogP contribution in [-0.2, 0) is 6.42 Å². The Morgan fingerprint density at radius 3 is 2.67 bits per heavy atom. The van der Waals surface area contributed by atoms with E-state index in [0.717, 1.165) is 30.7 Å². The molecule has 1 N–H and O–H groups in total. The van der Waals surface area contributed by atoms with Crippen LogP contribution in [0.25, 0.3) is 5.78 Å². The second-order valence-corrected chi connectivity index (χ2v) is 7.50. The number of amides is 1. The molecule has 6 nitrogen and oxygen atoms in total. The molecule has 1 fully saturated rings. The van der Waals surface area contributed by atoms with Crippen molar-refractivity contribution in [3.63, 3.8) is 0 Å². The number of benzene rings is 1. The minimum absolute atomic E-state index is 0.102. The van der Waals surface area contributed by atoms with Crippen LogP contribution in [0.15, 0.2) is 36.4 Å². The Balaban J connectivity index is 1.56. The lowest BCUT2D eigenvalue weighted by Gasteiger charge is -2.24. The van der Waals surface area contributed by atoms with Gasteiger partial charge in [-0.15, -0.1) is 5.10 Å². The van der Waals surface area contributed by atoms with Gasteiger partial charge in [0.15, 0.2) is 0 Å². The van der Waals surface area contributed by atoms with Gasteiger partial charge in [0, 0.05) is 17.4 Å². The van der Waals surface area contributed by atoms with Gasteiger partial charge in [0.05, 0.1) is 0 Å². The standard InChI is InChI=1S/C21H25N5O/c1-14-12-15(2)26-21(22-14)24-19(25-26)20(27)23-18(17-10-6-7-11-17)13-16-8-4-3-5-9-16/h3-5,8-9,12,17-18H,6-7,10-11,13H2,1-2H3,(H,23,27). The number of rotatable bonds is 5. The molecule has 6 heteroatoms. The van der Waals surface area contributed by atoms with Crippen LogP contribution in [-0.4, -0.2) is 31.5 Å². The van der Waals surface area contributed by atoms with Crippen molar-refractivity contribution in [2.45, 2.75) is 52.0 Å². The molecule has 0 radical (unpaired) electrons. The highest BCUT2D eigenvalue weighted by Gasteiger charge is 2.28. The second kappa shape index (κ2) is 7.47. The summed E-state index contributed by atoms with van der Waals surface area (Å²) < 4.78 is 1.63. The summed E-state index contributed by atoms with van der Waals surface area (Å²) in [6, 6.07) is 12.4. The Morgan fingerprint density at radius 1 is 1.19 bits per heavy atom. The van der Waals surface area contributed by atoms with Crippen molar-refractivity contribution in [1.82, 2.24) is 24.9 Å². The SMILES string of the molecule is Cc1cc(C)n2nc(C(=O)NC(Cc3ccccc3)C3CCCC3)nc2n1. The lowest BCUT2D eigenvalue weighted by atomic mass is 9.92. The van der Waals surface area contributed by atoms with E-state index in [4.69, 9.17) is 0 Å². The number of nitrogens with one attached hydrogen (secondary N) is 1. The molecule has 4 rings (SSSR count). The Bertz CT molecular complexity index is 944. The summed E-state index contributed by atoms with van der Waals surface area (Å²) >= 11 is 0. The third-order valence-corrected chi connectivity index (χ3v) is 5.41. The molecule has 2 heterocycles. The molecule has 140 valence electrons. The Kier molecular flexibility index (Phi) is 4.88. The molecular formula is C21H25N5O. The first-order chi connectivity index (χ1) is 13.1. The van der Waals surface area contributed by atoms with Gasteiger partial charge in [-0.25, -0.2) is 9.50 Å². The van der Waals surface area contributed by atoms with E-state index < -0.39 is 0 Å². The molecule has 0 saturated heterocycles. The average Bonchev–Trinajstić information content (AvgIpc) is 3.32. The van der Waals surface area contributed by atoms with Crippen molar-refractivity contribution in [2.75, 3.05) is 0 Å².